The van der Waals surface area contributed by atoms with Crippen LogP contribution >= 0.6 is 0 Å². The molecular formula is C38H54N4O4. The molecule has 2 aliphatic rings. The summed E-state index contributed by atoms with van der Waals surface area (Å²) in [5.41, 5.74) is 2.13. The summed E-state index contributed by atoms with van der Waals surface area (Å²) in [4.78, 5) is 53.6. The van der Waals surface area contributed by atoms with Crippen LogP contribution < -0.4 is 16.0 Å². The summed E-state index contributed by atoms with van der Waals surface area (Å²) in [5, 5.41) is 8.77. The van der Waals surface area contributed by atoms with Gasteiger partial charge in [0.05, 0.1) is 11.8 Å². The molecule has 250 valence electrons. The van der Waals surface area contributed by atoms with Crippen molar-refractivity contribution in [1.29, 1.82) is 0 Å². The lowest BCUT2D eigenvalue weighted by Crippen LogP contribution is -2.41. The Bertz CT molecular complexity index is 1270. The number of amides is 4. The Morgan fingerprint density at radius 1 is 0.696 bits per heavy atom. The van der Waals surface area contributed by atoms with Crippen molar-refractivity contribution in [3.8, 4) is 0 Å². The maximum absolute atomic E-state index is 13.4. The molecule has 4 rings (SSSR count). The molecule has 4 atom stereocenters. The SMILES string of the molecule is CCCCCCCCCCCCCCNC(=O)c1ccc(C(=O)N2C[C@@H](C(=O)NC)[C@H](C(=O)NC3C[C@@H]3c3ccccc3)C2)cc1. The van der Waals surface area contributed by atoms with Gasteiger partial charge in [0.1, 0.15) is 0 Å². The summed E-state index contributed by atoms with van der Waals surface area (Å²) in [5.74, 6) is -1.78. The molecule has 8 heteroatoms. The first-order valence-corrected chi connectivity index (χ1v) is 17.7. The number of carbonyl (C=O) groups excluding carboxylic acids is 4. The number of nitrogens with zero attached hydrogens (tertiary/aromatic N) is 1. The van der Waals surface area contributed by atoms with Crippen LogP contribution in [0.2, 0.25) is 0 Å². The van der Waals surface area contributed by atoms with Crippen molar-refractivity contribution < 1.29 is 19.2 Å². The van der Waals surface area contributed by atoms with Crippen LogP contribution in [0.4, 0.5) is 0 Å². The smallest absolute Gasteiger partial charge is 0.253 e. The molecule has 0 aromatic heterocycles. The molecule has 1 saturated carbocycles. The highest BCUT2D eigenvalue weighted by Crippen LogP contribution is 2.41. The minimum absolute atomic E-state index is 0.0448. The fourth-order valence-corrected chi connectivity index (χ4v) is 6.62. The summed E-state index contributed by atoms with van der Waals surface area (Å²) >= 11 is 0. The van der Waals surface area contributed by atoms with E-state index >= 15 is 0 Å². The van der Waals surface area contributed by atoms with E-state index in [0.29, 0.717) is 17.7 Å². The summed E-state index contributed by atoms with van der Waals surface area (Å²) in [6.45, 7) is 3.24. The van der Waals surface area contributed by atoms with E-state index in [9.17, 15) is 19.2 Å². The van der Waals surface area contributed by atoms with Crippen molar-refractivity contribution in [3.05, 3.63) is 71.3 Å². The number of hydrogen-bond donors (Lipinski definition) is 3. The zero-order valence-electron chi connectivity index (χ0n) is 27.9. The fraction of sp³-hybridized carbons (Fsp3) is 0.579. The first kappa shape index (κ1) is 35.2. The number of hydrogen-bond acceptors (Lipinski definition) is 4. The van der Waals surface area contributed by atoms with E-state index in [1.165, 1.54) is 69.8 Å². The van der Waals surface area contributed by atoms with Crippen LogP contribution in [0.5, 0.6) is 0 Å². The minimum Gasteiger partial charge on any atom is -0.359 e. The van der Waals surface area contributed by atoms with Gasteiger partial charge >= 0.3 is 0 Å². The van der Waals surface area contributed by atoms with Gasteiger partial charge in [0, 0.05) is 49.8 Å². The average molecular weight is 631 g/mol. The Morgan fingerprint density at radius 3 is 1.83 bits per heavy atom. The molecule has 2 fully saturated rings. The van der Waals surface area contributed by atoms with E-state index in [1.54, 1.807) is 36.2 Å². The van der Waals surface area contributed by atoms with Crippen molar-refractivity contribution in [2.24, 2.45) is 11.8 Å². The number of rotatable bonds is 19. The molecule has 0 radical (unpaired) electrons. The Labute approximate surface area is 275 Å². The van der Waals surface area contributed by atoms with Crippen molar-refractivity contribution in [2.45, 2.75) is 102 Å². The van der Waals surface area contributed by atoms with Crippen LogP contribution in [-0.2, 0) is 9.59 Å². The summed E-state index contributed by atoms with van der Waals surface area (Å²) in [6, 6.07) is 16.8. The predicted octanol–water partition coefficient (Wildman–Crippen LogP) is 6.22. The highest BCUT2D eigenvalue weighted by atomic mass is 16.2. The minimum atomic E-state index is -0.619. The van der Waals surface area contributed by atoms with Crippen molar-refractivity contribution in [1.82, 2.24) is 20.9 Å². The molecule has 3 N–H and O–H groups in total. The molecule has 8 nitrogen and oxygen atoms in total. The van der Waals surface area contributed by atoms with E-state index in [-0.39, 0.29) is 48.7 Å². The Hall–Kier alpha value is -3.68. The van der Waals surface area contributed by atoms with Crippen molar-refractivity contribution >= 4 is 23.6 Å². The number of carbonyl (C=O) groups is 4. The third kappa shape index (κ3) is 10.4. The van der Waals surface area contributed by atoms with Gasteiger partial charge in [-0.15, -0.1) is 0 Å². The van der Waals surface area contributed by atoms with Crippen LogP contribution in [0.15, 0.2) is 54.6 Å². The predicted molar refractivity (Wildman–Crippen MR) is 183 cm³/mol. The van der Waals surface area contributed by atoms with Gasteiger partial charge in [-0.1, -0.05) is 108 Å². The molecule has 0 spiro atoms. The zero-order chi connectivity index (χ0) is 32.7. The lowest BCUT2D eigenvalue weighted by Gasteiger charge is -2.17. The van der Waals surface area contributed by atoms with E-state index in [1.807, 2.05) is 18.2 Å². The number of benzene rings is 2. The maximum Gasteiger partial charge on any atom is 0.253 e. The second kappa shape index (κ2) is 18.5. The lowest BCUT2D eigenvalue weighted by molar-refractivity contribution is -0.132. The average Bonchev–Trinajstić information content (AvgIpc) is 3.71. The molecule has 4 amide bonds. The second-order valence-electron chi connectivity index (χ2n) is 13.1. The Kier molecular flexibility index (Phi) is 14.1. The second-order valence-corrected chi connectivity index (χ2v) is 13.1. The van der Waals surface area contributed by atoms with Gasteiger partial charge in [0.2, 0.25) is 11.8 Å². The normalized spacial score (nSPS) is 20.3. The summed E-state index contributed by atoms with van der Waals surface area (Å²) < 4.78 is 0. The molecule has 2 aromatic carbocycles. The van der Waals surface area contributed by atoms with Gasteiger partial charge in [-0.3, -0.25) is 19.2 Å². The van der Waals surface area contributed by atoms with Gasteiger partial charge in [-0.05, 0) is 42.7 Å². The molecule has 1 heterocycles. The molecule has 0 bridgehead atoms. The highest BCUT2D eigenvalue weighted by molar-refractivity contribution is 5.99. The largest absolute Gasteiger partial charge is 0.359 e. The van der Waals surface area contributed by atoms with Crippen LogP contribution in [0.25, 0.3) is 0 Å². The fourth-order valence-electron chi connectivity index (χ4n) is 6.62. The van der Waals surface area contributed by atoms with Crippen molar-refractivity contribution in [3.63, 3.8) is 0 Å². The molecule has 2 aromatic rings. The highest BCUT2D eigenvalue weighted by Gasteiger charge is 2.46. The van der Waals surface area contributed by atoms with Gasteiger partial charge in [-0.25, -0.2) is 0 Å². The number of nitrogens with one attached hydrogen (secondary N) is 3. The van der Waals surface area contributed by atoms with Crippen LogP contribution in [-0.4, -0.2) is 61.3 Å². The van der Waals surface area contributed by atoms with E-state index in [2.05, 4.69) is 35.0 Å². The first-order valence-electron chi connectivity index (χ1n) is 17.7. The van der Waals surface area contributed by atoms with E-state index in [0.717, 1.165) is 19.3 Å². The Balaban J connectivity index is 1.17. The zero-order valence-corrected chi connectivity index (χ0v) is 27.9. The quantitative estimate of drug-likeness (QED) is 0.160. The topological polar surface area (TPSA) is 108 Å². The molecule has 1 aliphatic carbocycles. The van der Waals surface area contributed by atoms with Gasteiger partial charge in [-0.2, -0.15) is 0 Å². The van der Waals surface area contributed by atoms with Crippen molar-refractivity contribution in [2.75, 3.05) is 26.7 Å². The molecule has 1 aliphatic heterocycles. The molecule has 1 unspecified atom stereocenters. The Morgan fingerprint density at radius 2 is 1.24 bits per heavy atom. The summed E-state index contributed by atoms with van der Waals surface area (Å²) in [6.07, 6.45) is 16.2. The molecule has 46 heavy (non-hydrogen) atoms. The van der Waals surface area contributed by atoms with Crippen LogP contribution in [0.1, 0.15) is 123 Å². The number of likely N-dealkylation sites (tertiary alicyclic amines) is 1. The number of unbranched alkanes of at least 4 members (excludes halogenated alkanes) is 11. The standard InChI is InChI=1S/C38H54N4O4/c1-3-4-5-6-7-8-9-10-11-12-13-17-24-40-35(43)29-20-22-30(23-21-29)38(46)42-26-32(36(44)39-2)33(27-42)37(45)41-34-25-31(34)28-18-15-14-16-19-28/h14-16,18-23,31-34H,3-13,17,24-27H2,1-2H3,(H,39,44)(H,40,43)(H,41,45)/t31-,32-,33-,34?/m1/s1. The lowest BCUT2D eigenvalue weighted by atomic mass is 9.94. The maximum atomic E-state index is 13.4. The van der Waals surface area contributed by atoms with Gasteiger partial charge in [0.25, 0.3) is 11.8 Å². The van der Waals surface area contributed by atoms with Crippen LogP contribution in [0, 0.1) is 11.8 Å². The van der Waals surface area contributed by atoms with Crippen LogP contribution in [0.3, 0.4) is 0 Å². The molecular weight excluding hydrogens is 576 g/mol. The van der Waals surface area contributed by atoms with E-state index < -0.39 is 11.8 Å². The van der Waals surface area contributed by atoms with Gasteiger partial charge in [0.15, 0.2) is 0 Å². The van der Waals surface area contributed by atoms with Gasteiger partial charge < -0.3 is 20.9 Å². The monoisotopic (exact) mass is 630 g/mol. The third-order valence-electron chi connectivity index (χ3n) is 9.58. The summed E-state index contributed by atoms with van der Waals surface area (Å²) in [7, 11) is 1.55. The molecule has 1 saturated heterocycles. The van der Waals surface area contributed by atoms with E-state index in [4.69, 9.17) is 0 Å². The first-order chi connectivity index (χ1) is 22.4. The third-order valence-corrected chi connectivity index (χ3v) is 9.58.